The number of likely N-dealkylation sites (N-methyl/N-ethyl adjacent to an activating group) is 2. The lowest BCUT2D eigenvalue weighted by Gasteiger charge is -2.25. The van der Waals surface area contributed by atoms with Gasteiger partial charge < -0.3 is 24.4 Å². The lowest BCUT2D eigenvalue weighted by molar-refractivity contribution is 0.0668. The predicted molar refractivity (Wildman–Crippen MR) is 119 cm³/mol. The highest BCUT2D eigenvalue weighted by Crippen LogP contribution is 2.28. The average Bonchev–Trinajstić information content (AvgIpc) is 3.23. The third-order valence-electron chi connectivity index (χ3n) is 5.82. The molecule has 1 fully saturated rings. The molecule has 1 N–H and O–H groups in total. The summed E-state index contributed by atoms with van der Waals surface area (Å²) in [5.41, 5.74) is 1.22. The van der Waals surface area contributed by atoms with Crippen LogP contribution in [0.3, 0.4) is 0 Å². The molecular weight excluding hydrogens is 366 g/mol. The van der Waals surface area contributed by atoms with E-state index in [0.29, 0.717) is 18.3 Å². The second-order valence-electron chi connectivity index (χ2n) is 8.40. The molecule has 29 heavy (non-hydrogen) atoms. The van der Waals surface area contributed by atoms with Crippen LogP contribution in [0.15, 0.2) is 18.2 Å². The second kappa shape index (κ2) is 12.4. The molecule has 0 amide bonds. The quantitative estimate of drug-likeness (QED) is 0.543. The Morgan fingerprint density at radius 1 is 1.17 bits per heavy atom. The number of rotatable bonds is 13. The Hall–Kier alpha value is -1.34. The van der Waals surface area contributed by atoms with E-state index in [9.17, 15) is 5.11 Å². The van der Waals surface area contributed by atoms with Gasteiger partial charge in [-0.05, 0) is 71.1 Å². The summed E-state index contributed by atoms with van der Waals surface area (Å²) in [7, 11) is 3.67. The number of methoxy groups -OCH3 is 1. The summed E-state index contributed by atoms with van der Waals surface area (Å²) < 4.78 is 11.4. The first-order valence-electron chi connectivity index (χ1n) is 11.1. The molecule has 1 atom stereocenters. The van der Waals surface area contributed by atoms with Gasteiger partial charge in [-0.15, -0.1) is 0 Å². The minimum Gasteiger partial charge on any atom is -0.493 e. The zero-order chi connectivity index (χ0) is 21.2. The molecule has 0 spiro atoms. The zero-order valence-electron chi connectivity index (χ0n) is 19.1. The fraction of sp³-hybridized carbons (Fsp3) is 0.739. The Labute approximate surface area is 177 Å². The maximum atomic E-state index is 10.2. The molecule has 0 saturated carbocycles. The van der Waals surface area contributed by atoms with Crippen molar-refractivity contribution in [3.63, 3.8) is 0 Å². The molecule has 1 aromatic rings. The molecule has 1 aliphatic heterocycles. The van der Waals surface area contributed by atoms with Crippen molar-refractivity contribution in [1.82, 2.24) is 14.7 Å². The number of hydrogen-bond donors (Lipinski definition) is 1. The van der Waals surface area contributed by atoms with Gasteiger partial charge in [0.2, 0.25) is 0 Å². The minimum atomic E-state index is -0.534. The molecule has 0 bridgehead atoms. The number of nitrogens with zero attached hydrogens (tertiary/aromatic N) is 3. The topological polar surface area (TPSA) is 48.4 Å². The molecule has 0 aromatic heterocycles. The van der Waals surface area contributed by atoms with Crippen molar-refractivity contribution in [1.29, 1.82) is 0 Å². The van der Waals surface area contributed by atoms with Crippen molar-refractivity contribution < 1.29 is 14.6 Å². The van der Waals surface area contributed by atoms with E-state index in [-0.39, 0.29) is 6.61 Å². The standard InChI is InChI=1S/C23H41N3O3/c1-6-25(13-14-26-11-7-8-12-26)16-20-9-10-22(23(15-20)28-5)29-18-21(27)17-24(4)19(2)3/h9-10,15,19,21,27H,6-8,11-14,16-18H2,1-5H3/t21-/m1/s1. The Kier molecular flexibility index (Phi) is 10.2. The number of ether oxygens (including phenoxy) is 2. The summed E-state index contributed by atoms with van der Waals surface area (Å²) in [6.07, 6.45) is 2.15. The van der Waals surface area contributed by atoms with Crippen LogP contribution in [0.2, 0.25) is 0 Å². The van der Waals surface area contributed by atoms with Gasteiger partial charge in [0.1, 0.15) is 12.7 Å². The molecule has 1 heterocycles. The summed E-state index contributed by atoms with van der Waals surface area (Å²) in [6, 6.07) is 6.51. The summed E-state index contributed by atoms with van der Waals surface area (Å²) >= 11 is 0. The lowest BCUT2D eigenvalue weighted by atomic mass is 10.2. The van der Waals surface area contributed by atoms with Gasteiger partial charge in [-0.25, -0.2) is 0 Å². The lowest BCUT2D eigenvalue weighted by Crippen LogP contribution is -2.37. The molecule has 6 heteroatoms. The van der Waals surface area contributed by atoms with Crippen LogP contribution in [0.5, 0.6) is 11.5 Å². The van der Waals surface area contributed by atoms with Crippen LogP contribution >= 0.6 is 0 Å². The molecule has 0 radical (unpaired) electrons. The SMILES string of the molecule is CCN(CCN1CCCC1)Cc1ccc(OC[C@H](O)CN(C)C(C)C)c(OC)c1. The van der Waals surface area contributed by atoms with Crippen LogP contribution in [0.25, 0.3) is 0 Å². The maximum Gasteiger partial charge on any atom is 0.161 e. The van der Waals surface area contributed by atoms with E-state index in [2.05, 4.69) is 47.6 Å². The highest BCUT2D eigenvalue weighted by molar-refractivity contribution is 5.43. The van der Waals surface area contributed by atoms with Crippen LogP contribution in [0.4, 0.5) is 0 Å². The second-order valence-corrected chi connectivity index (χ2v) is 8.40. The van der Waals surface area contributed by atoms with Crippen LogP contribution in [0.1, 0.15) is 39.2 Å². The minimum absolute atomic E-state index is 0.254. The van der Waals surface area contributed by atoms with Crippen LogP contribution < -0.4 is 9.47 Å². The molecule has 1 aliphatic rings. The Morgan fingerprint density at radius 2 is 1.90 bits per heavy atom. The van der Waals surface area contributed by atoms with E-state index in [0.717, 1.165) is 31.9 Å². The highest BCUT2D eigenvalue weighted by Gasteiger charge is 2.15. The average molecular weight is 408 g/mol. The monoisotopic (exact) mass is 407 g/mol. The molecule has 2 rings (SSSR count). The van der Waals surface area contributed by atoms with Crippen LogP contribution in [0, 0.1) is 0 Å². The van der Waals surface area contributed by atoms with Gasteiger partial charge in [-0.3, -0.25) is 4.90 Å². The van der Waals surface area contributed by atoms with Gasteiger partial charge in [0, 0.05) is 32.2 Å². The predicted octanol–water partition coefficient (Wildman–Crippen LogP) is 2.69. The molecule has 0 aliphatic carbocycles. The molecule has 1 aromatic carbocycles. The van der Waals surface area contributed by atoms with Crippen molar-refractivity contribution in [2.75, 3.05) is 60.0 Å². The molecule has 166 valence electrons. The summed E-state index contributed by atoms with van der Waals surface area (Å²) in [4.78, 5) is 7.14. The fourth-order valence-corrected chi connectivity index (χ4v) is 3.61. The van der Waals surface area contributed by atoms with E-state index < -0.39 is 6.10 Å². The van der Waals surface area contributed by atoms with Gasteiger partial charge in [0.05, 0.1) is 7.11 Å². The first-order chi connectivity index (χ1) is 13.9. The van der Waals surface area contributed by atoms with Crippen LogP contribution in [-0.2, 0) is 6.54 Å². The Balaban J connectivity index is 1.87. The number of aliphatic hydroxyl groups is 1. The molecule has 1 saturated heterocycles. The third kappa shape index (κ3) is 8.13. The number of hydrogen-bond acceptors (Lipinski definition) is 6. The number of benzene rings is 1. The van der Waals surface area contributed by atoms with Gasteiger partial charge >= 0.3 is 0 Å². The highest BCUT2D eigenvalue weighted by atomic mass is 16.5. The van der Waals surface area contributed by atoms with Gasteiger partial charge in [-0.2, -0.15) is 0 Å². The first-order valence-corrected chi connectivity index (χ1v) is 11.1. The van der Waals surface area contributed by atoms with Crippen molar-refractivity contribution in [2.45, 2.75) is 52.3 Å². The largest absolute Gasteiger partial charge is 0.493 e. The maximum absolute atomic E-state index is 10.2. The smallest absolute Gasteiger partial charge is 0.161 e. The van der Waals surface area contributed by atoms with E-state index in [1.165, 1.54) is 31.5 Å². The van der Waals surface area contributed by atoms with Gasteiger partial charge in [0.25, 0.3) is 0 Å². The van der Waals surface area contributed by atoms with E-state index in [1.807, 2.05) is 13.1 Å². The summed E-state index contributed by atoms with van der Waals surface area (Å²) in [6.45, 7) is 13.9. The van der Waals surface area contributed by atoms with Crippen molar-refractivity contribution in [3.8, 4) is 11.5 Å². The normalized spacial score (nSPS) is 16.2. The van der Waals surface area contributed by atoms with Gasteiger partial charge in [-0.1, -0.05) is 13.0 Å². The third-order valence-corrected chi connectivity index (χ3v) is 5.82. The Bertz CT molecular complexity index is 591. The first kappa shape index (κ1) is 23.9. The van der Waals surface area contributed by atoms with Crippen molar-refractivity contribution in [2.24, 2.45) is 0 Å². The fourth-order valence-electron chi connectivity index (χ4n) is 3.61. The van der Waals surface area contributed by atoms with Crippen molar-refractivity contribution in [3.05, 3.63) is 23.8 Å². The molecule has 6 nitrogen and oxygen atoms in total. The van der Waals surface area contributed by atoms with E-state index in [4.69, 9.17) is 9.47 Å². The van der Waals surface area contributed by atoms with Gasteiger partial charge in [0.15, 0.2) is 11.5 Å². The molecule has 0 unspecified atom stereocenters. The number of aliphatic hydroxyl groups excluding tert-OH is 1. The number of likely N-dealkylation sites (tertiary alicyclic amines) is 1. The zero-order valence-corrected chi connectivity index (χ0v) is 19.1. The Morgan fingerprint density at radius 3 is 2.52 bits per heavy atom. The molecular formula is C23H41N3O3. The summed E-state index contributed by atoms with van der Waals surface area (Å²) in [5.74, 6) is 1.41. The van der Waals surface area contributed by atoms with E-state index >= 15 is 0 Å². The van der Waals surface area contributed by atoms with Crippen LogP contribution in [-0.4, -0.2) is 92.0 Å². The van der Waals surface area contributed by atoms with E-state index in [1.54, 1.807) is 7.11 Å². The van der Waals surface area contributed by atoms with Crippen molar-refractivity contribution >= 4 is 0 Å². The summed E-state index contributed by atoms with van der Waals surface area (Å²) in [5, 5.41) is 10.2.